The molecule has 2 nitrogen and oxygen atoms in total. The van der Waals surface area contributed by atoms with E-state index in [9.17, 15) is 10.2 Å². The molecule has 0 spiro atoms. The highest BCUT2D eigenvalue weighted by Crippen LogP contribution is 2.67. The molecule has 0 bridgehead atoms. The van der Waals surface area contributed by atoms with Crippen molar-refractivity contribution in [2.75, 3.05) is 0 Å². The molecule has 4 aliphatic rings. The van der Waals surface area contributed by atoms with Gasteiger partial charge in [-0.05, 0) is 105 Å². The first kappa shape index (κ1) is 21.6. The van der Waals surface area contributed by atoms with E-state index in [0.717, 1.165) is 49.9 Å². The minimum Gasteiger partial charge on any atom is -0.393 e. The van der Waals surface area contributed by atoms with Crippen molar-refractivity contribution in [3.8, 4) is 0 Å². The normalized spacial score (nSPS) is 46.8. The second-order valence-electron chi connectivity index (χ2n) is 12.1. The van der Waals surface area contributed by atoms with Crippen molar-refractivity contribution in [2.45, 2.75) is 104 Å². The number of aliphatic hydroxyl groups excluding tert-OH is 1. The molecular formula is C27H44O2. The van der Waals surface area contributed by atoms with Gasteiger partial charge < -0.3 is 10.2 Å². The number of hydrogen-bond acceptors (Lipinski definition) is 2. The van der Waals surface area contributed by atoms with E-state index >= 15 is 0 Å². The van der Waals surface area contributed by atoms with Gasteiger partial charge in [0, 0.05) is 0 Å². The number of allylic oxidation sites excluding steroid dienone is 2. The van der Waals surface area contributed by atoms with Crippen LogP contribution in [0.1, 0.15) is 92.4 Å². The van der Waals surface area contributed by atoms with Gasteiger partial charge in [-0.3, -0.25) is 0 Å². The lowest BCUT2D eigenvalue weighted by Crippen LogP contribution is -2.52. The fourth-order valence-corrected chi connectivity index (χ4v) is 8.30. The highest BCUT2D eigenvalue weighted by atomic mass is 16.3. The topological polar surface area (TPSA) is 40.5 Å². The van der Waals surface area contributed by atoms with E-state index in [2.05, 4.69) is 52.8 Å². The molecule has 8 atom stereocenters. The van der Waals surface area contributed by atoms with E-state index in [0.29, 0.717) is 17.3 Å². The minimum atomic E-state index is -0.695. The van der Waals surface area contributed by atoms with Gasteiger partial charge in [-0.15, -0.1) is 0 Å². The summed E-state index contributed by atoms with van der Waals surface area (Å²) in [4.78, 5) is 0. The van der Waals surface area contributed by atoms with Gasteiger partial charge >= 0.3 is 0 Å². The van der Waals surface area contributed by atoms with Crippen LogP contribution in [-0.4, -0.2) is 21.9 Å². The van der Waals surface area contributed by atoms with Gasteiger partial charge in [0.15, 0.2) is 0 Å². The molecule has 2 N–H and O–H groups in total. The molecule has 0 aromatic rings. The van der Waals surface area contributed by atoms with Crippen molar-refractivity contribution in [1.82, 2.24) is 0 Å². The molecule has 3 saturated carbocycles. The molecule has 29 heavy (non-hydrogen) atoms. The Balaban J connectivity index is 1.57. The van der Waals surface area contributed by atoms with E-state index in [-0.39, 0.29) is 11.5 Å². The van der Waals surface area contributed by atoms with E-state index in [4.69, 9.17) is 0 Å². The van der Waals surface area contributed by atoms with Crippen molar-refractivity contribution in [3.05, 3.63) is 23.8 Å². The van der Waals surface area contributed by atoms with Gasteiger partial charge in [0.05, 0.1) is 11.7 Å². The van der Waals surface area contributed by atoms with Gasteiger partial charge in [-0.2, -0.15) is 0 Å². The fourth-order valence-electron chi connectivity index (χ4n) is 8.30. The predicted molar refractivity (Wildman–Crippen MR) is 120 cm³/mol. The Labute approximate surface area is 178 Å². The average molecular weight is 401 g/mol. The number of aliphatic hydroxyl groups is 2. The number of hydrogen-bond donors (Lipinski definition) is 2. The van der Waals surface area contributed by atoms with Gasteiger partial charge in [-0.1, -0.05) is 51.5 Å². The Morgan fingerprint density at radius 1 is 1.14 bits per heavy atom. The molecule has 4 aliphatic carbocycles. The lowest BCUT2D eigenvalue weighted by atomic mass is 9.47. The fraction of sp³-hybridized carbons (Fsp3) is 0.852. The van der Waals surface area contributed by atoms with Crippen molar-refractivity contribution in [3.63, 3.8) is 0 Å². The van der Waals surface area contributed by atoms with Crippen molar-refractivity contribution < 1.29 is 10.2 Å². The molecule has 0 aromatic heterocycles. The zero-order valence-electron chi connectivity index (χ0n) is 19.5. The lowest BCUT2D eigenvalue weighted by Gasteiger charge is -2.58. The largest absolute Gasteiger partial charge is 0.393 e. The van der Waals surface area contributed by atoms with E-state index < -0.39 is 5.60 Å². The van der Waals surface area contributed by atoms with Crippen LogP contribution in [0.5, 0.6) is 0 Å². The molecule has 3 fully saturated rings. The third-order valence-electron chi connectivity index (χ3n) is 9.85. The lowest BCUT2D eigenvalue weighted by molar-refractivity contribution is -0.0854. The Kier molecular flexibility index (Phi) is 5.61. The van der Waals surface area contributed by atoms with Crippen LogP contribution in [0.3, 0.4) is 0 Å². The molecule has 0 aliphatic heterocycles. The first-order valence-corrected chi connectivity index (χ1v) is 12.4. The third kappa shape index (κ3) is 3.57. The van der Waals surface area contributed by atoms with Crippen LogP contribution in [0.15, 0.2) is 23.8 Å². The summed E-state index contributed by atoms with van der Waals surface area (Å²) < 4.78 is 0. The van der Waals surface area contributed by atoms with Crippen LogP contribution >= 0.6 is 0 Å². The summed E-state index contributed by atoms with van der Waals surface area (Å²) in [6.45, 7) is 11.5. The zero-order chi connectivity index (χ0) is 21.0. The SMILES string of the molecule is CC(C)C/C=C/[C@](C)(O)C1CC[C@H]2[C@@H]3CC=C4C[C@@H](O)CC[C@]4(C)[C@H]3CC[C@]12C. The summed E-state index contributed by atoms with van der Waals surface area (Å²) >= 11 is 0. The van der Waals surface area contributed by atoms with E-state index in [1.165, 1.54) is 25.7 Å². The second-order valence-corrected chi connectivity index (χ2v) is 12.1. The maximum absolute atomic E-state index is 11.5. The Hall–Kier alpha value is -0.600. The van der Waals surface area contributed by atoms with Crippen LogP contribution in [0.2, 0.25) is 0 Å². The van der Waals surface area contributed by atoms with Crippen LogP contribution in [0.25, 0.3) is 0 Å². The highest BCUT2D eigenvalue weighted by Gasteiger charge is 2.60. The maximum atomic E-state index is 11.5. The quantitative estimate of drug-likeness (QED) is 0.545. The smallest absolute Gasteiger partial charge is 0.0832 e. The average Bonchev–Trinajstić information content (AvgIpc) is 3.00. The molecule has 0 amide bonds. The molecule has 0 aromatic carbocycles. The summed E-state index contributed by atoms with van der Waals surface area (Å²) in [6.07, 6.45) is 17.0. The molecular weight excluding hydrogens is 356 g/mol. The van der Waals surface area contributed by atoms with Crippen molar-refractivity contribution >= 4 is 0 Å². The molecule has 1 unspecified atom stereocenters. The zero-order valence-corrected chi connectivity index (χ0v) is 19.5. The minimum absolute atomic E-state index is 0.122. The number of rotatable bonds is 4. The monoisotopic (exact) mass is 400 g/mol. The molecule has 164 valence electrons. The first-order valence-electron chi connectivity index (χ1n) is 12.4. The predicted octanol–water partition coefficient (Wildman–Crippen LogP) is 6.28. The van der Waals surface area contributed by atoms with Gasteiger partial charge in [0.2, 0.25) is 0 Å². The van der Waals surface area contributed by atoms with Gasteiger partial charge in [0.25, 0.3) is 0 Å². The summed E-state index contributed by atoms with van der Waals surface area (Å²) in [5.41, 5.74) is 1.42. The maximum Gasteiger partial charge on any atom is 0.0832 e. The van der Waals surface area contributed by atoms with E-state index in [1.807, 2.05) is 0 Å². The Morgan fingerprint density at radius 3 is 2.62 bits per heavy atom. The molecule has 2 heteroatoms. The number of fused-ring (bicyclic) bond motifs is 5. The first-order chi connectivity index (χ1) is 13.6. The third-order valence-corrected chi connectivity index (χ3v) is 9.85. The van der Waals surface area contributed by atoms with E-state index in [1.54, 1.807) is 5.57 Å². The standard InChI is InChI=1S/C27H44O2/c1-18(2)7-6-14-27(5,29)24-11-10-22-21-9-8-19-17-20(28)12-15-25(19,3)23(21)13-16-26(22,24)4/h6,8,14,18,20-24,28-29H,7,9-13,15-17H2,1-5H3/b14-6+/t20-,21-,22-,23-,24?,25-,26-,27-/m0/s1. The highest BCUT2D eigenvalue weighted by molar-refractivity contribution is 5.26. The van der Waals surface area contributed by atoms with Gasteiger partial charge in [0.1, 0.15) is 0 Å². The molecule has 0 radical (unpaired) electrons. The Morgan fingerprint density at radius 2 is 1.90 bits per heavy atom. The van der Waals surface area contributed by atoms with Crippen LogP contribution < -0.4 is 0 Å². The molecule has 4 rings (SSSR count). The summed E-state index contributed by atoms with van der Waals surface area (Å²) in [7, 11) is 0. The van der Waals surface area contributed by atoms with Crippen LogP contribution in [0, 0.1) is 40.4 Å². The molecule has 0 saturated heterocycles. The van der Waals surface area contributed by atoms with Crippen LogP contribution in [0.4, 0.5) is 0 Å². The van der Waals surface area contributed by atoms with Crippen molar-refractivity contribution in [1.29, 1.82) is 0 Å². The Bertz CT molecular complexity index is 674. The second kappa shape index (κ2) is 7.52. The summed E-state index contributed by atoms with van der Waals surface area (Å²) in [5, 5.41) is 21.7. The van der Waals surface area contributed by atoms with Crippen molar-refractivity contribution in [2.24, 2.45) is 40.4 Å². The summed E-state index contributed by atoms with van der Waals surface area (Å²) in [5.74, 6) is 3.28. The summed E-state index contributed by atoms with van der Waals surface area (Å²) in [6, 6.07) is 0. The molecule has 0 heterocycles. The van der Waals surface area contributed by atoms with Crippen LogP contribution in [-0.2, 0) is 0 Å². The van der Waals surface area contributed by atoms with Gasteiger partial charge in [-0.25, -0.2) is 0 Å².